The standard InChI is InChI=1S/C14H24N4O2/c1-2-18-6-4-3-5-12(18)9-16-13-10-15-11-14(17-13)20-8-7-19/h10-12,19H,2-9H2,1H3,(H,16,17)/t12-/m1/s1. The van der Waals surface area contributed by atoms with E-state index in [1.807, 2.05) is 0 Å². The molecule has 0 aliphatic carbocycles. The summed E-state index contributed by atoms with van der Waals surface area (Å²) in [5, 5.41) is 12.1. The van der Waals surface area contributed by atoms with Crippen molar-refractivity contribution in [2.45, 2.75) is 32.2 Å². The predicted octanol–water partition coefficient (Wildman–Crippen LogP) is 1.13. The number of aromatic nitrogens is 2. The van der Waals surface area contributed by atoms with Crippen molar-refractivity contribution in [3.8, 4) is 5.88 Å². The van der Waals surface area contributed by atoms with Crippen molar-refractivity contribution in [1.82, 2.24) is 14.9 Å². The molecule has 1 aromatic rings. The monoisotopic (exact) mass is 280 g/mol. The second-order valence-electron chi connectivity index (χ2n) is 4.97. The van der Waals surface area contributed by atoms with Gasteiger partial charge < -0.3 is 15.2 Å². The molecule has 0 saturated carbocycles. The van der Waals surface area contributed by atoms with Gasteiger partial charge in [-0.1, -0.05) is 13.3 Å². The van der Waals surface area contributed by atoms with Crippen LogP contribution in [0.15, 0.2) is 12.4 Å². The molecule has 2 N–H and O–H groups in total. The van der Waals surface area contributed by atoms with Crippen LogP contribution < -0.4 is 10.1 Å². The molecule has 1 fully saturated rings. The largest absolute Gasteiger partial charge is 0.474 e. The van der Waals surface area contributed by atoms with E-state index in [1.54, 1.807) is 12.4 Å². The van der Waals surface area contributed by atoms with Crippen LogP contribution in [0.1, 0.15) is 26.2 Å². The molecule has 0 unspecified atom stereocenters. The van der Waals surface area contributed by atoms with E-state index in [-0.39, 0.29) is 13.2 Å². The normalized spacial score (nSPS) is 19.8. The maximum atomic E-state index is 8.73. The van der Waals surface area contributed by atoms with Gasteiger partial charge in [0.15, 0.2) is 0 Å². The number of hydrogen-bond acceptors (Lipinski definition) is 6. The Morgan fingerprint density at radius 3 is 3.15 bits per heavy atom. The van der Waals surface area contributed by atoms with Gasteiger partial charge in [-0.3, -0.25) is 9.88 Å². The highest BCUT2D eigenvalue weighted by molar-refractivity contribution is 5.33. The number of nitrogens with zero attached hydrogens (tertiary/aromatic N) is 3. The minimum absolute atomic E-state index is 0.0210. The van der Waals surface area contributed by atoms with Crippen molar-refractivity contribution < 1.29 is 9.84 Å². The Labute approximate surface area is 120 Å². The average Bonchev–Trinajstić information content (AvgIpc) is 2.51. The van der Waals surface area contributed by atoms with Crippen molar-refractivity contribution in [3.63, 3.8) is 0 Å². The first-order chi connectivity index (χ1) is 9.83. The van der Waals surface area contributed by atoms with Crippen LogP contribution in [0.4, 0.5) is 5.82 Å². The minimum atomic E-state index is -0.0210. The van der Waals surface area contributed by atoms with Crippen LogP contribution in [0.5, 0.6) is 5.88 Å². The lowest BCUT2D eigenvalue weighted by molar-refractivity contribution is 0.164. The number of aliphatic hydroxyl groups is 1. The summed E-state index contributed by atoms with van der Waals surface area (Å²) < 4.78 is 5.26. The van der Waals surface area contributed by atoms with Crippen LogP contribution in [-0.2, 0) is 0 Å². The molecule has 112 valence electrons. The molecule has 2 rings (SSSR count). The Bertz CT molecular complexity index is 403. The molecule has 0 amide bonds. The van der Waals surface area contributed by atoms with Gasteiger partial charge in [0.2, 0.25) is 5.88 Å². The molecule has 1 saturated heterocycles. The van der Waals surface area contributed by atoms with E-state index in [0.717, 1.165) is 18.9 Å². The number of hydrogen-bond donors (Lipinski definition) is 2. The van der Waals surface area contributed by atoms with Gasteiger partial charge in [0.25, 0.3) is 0 Å². The number of aliphatic hydroxyl groups excluding tert-OH is 1. The molecule has 1 aromatic heterocycles. The van der Waals surface area contributed by atoms with Gasteiger partial charge in [-0.25, -0.2) is 0 Å². The summed E-state index contributed by atoms with van der Waals surface area (Å²) in [7, 11) is 0. The van der Waals surface area contributed by atoms with E-state index < -0.39 is 0 Å². The Balaban J connectivity index is 1.86. The summed E-state index contributed by atoms with van der Waals surface area (Å²) >= 11 is 0. The number of anilines is 1. The molecule has 2 heterocycles. The highest BCUT2D eigenvalue weighted by Gasteiger charge is 2.20. The molecule has 0 bridgehead atoms. The lowest BCUT2D eigenvalue weighted by Crippen LogP contribution is -2.43. The molecule has 1 atom stereocenters. The van der Waals surface area contributed by atoms with E-state index in [1.165, 1.54) is 25.8 Å². The fourth-order valence-electron chi connectivity index (χ4n) is 2.58. The Morgan fingerprint density at radius 1 is 1.45 bits per heavy atom. The first kappa shape index (κ1) is 15.0. The zero-order valence-corrected chi connectivity index (χ0v) is 12.1. The first-order valence-electron chi connectivity index (χ1n) is 7.37. The Kier molecular flexibility index (Phi) is 6.01. The molecule has 20 heavy (non-hydrogen) atoms. The highest BCUT2D eigenvalue weighted by Crippen LogP contribution is 2.17. The van der Waals surface area contributed by atoms with E-state index in [2.05, 4.69) is 27.1 Å². The predicted molar refractivity (Wildman–Crippen MR) is 78.0 cm³/mol. The highest BCUT2D eigenvalue weighted by atomic mass is 16.5. The SMILES string of the molecule is CCN1CCCC[C@@H]1CNc1cncc(OCCO)n1. The van der Waals surface area contributed by atoms with Crippen LogP contribution in [-0.4, -0.2) is 58.9 Å². The Hall–Kier alpha value is -1.40. The molecular formula is C14H24N4O2. The number of likely N-dealkylation sites (tertiary alicyclic amines) is 1. The second-order valence-corrected chi connectivity index (χ2v) is 4.97. The second kappa shape index (κ2) is 8.01. The third-order valence-corrected chi connectivity index (χ3v) is 3.63. The average molecular weight is 280 g/mol. The van der Waals surface area contributed by atoms with Crippen LogP contribution in [0.2, 0.25) is 0 Å². The maximum Gasteiger partial charge on any atom is 0.234 e. The molecule has 6 heteroatoms. The number of rotatable bonds is 7. The van der Waals surface area contributed by atoms with Crippen LogP contribution in [0.3, 0.4) is 0 Å². The van der Waals surface area contributed by atoms with E-state index in [0.29, 0.717) is 11.9 Å². The van der Waals surface area contributed by atoms with Gasteiger partial charge in [-0.15, -0.1) is 0 Å². The summed E-state index contributed by atoms with van der Waals surface area (Å²) in [4.78, 5) is 10.9. The summed E-state index contributed by atoms with van der Waals surface area (Å²) in [5.74, 6) is 1.17. The third kappa shape index (κ3) is 4.31. The van der Waals surface area contributed by atoms with Gasteiger partial charge in [-0.2, -0.15) is 4.98 Å². The van der Waals surface area contributed by atoms with Crippen molar-refractivity contribution in [2.24, 2.45) is 0 Å². The maximum absolute atomic E-state index is 8.73. The summed E-state index contributed by atoms with van der Waals surface area (Å²) in [6.07, 6.45) is 7.09. The summed E-state index contributed by atoms with van der Waals surface area (Å²) in [6.45, 7) is 5.59. The fourth-order valence-corrected chi connectivity index (χ4v) is 2.58. The molecule has 0 radical (unpaired) electrons. The molecule has 6 nitrogen and oxygen atoms in total. The molecule has 1 aliphatic rings. The smallest absolute Gasteiger partial charge is 0.234 e. The number of nitrogens with one attached hydrogen (secondary N) is 1. The van der Waals surface area contributed by atoms with Crippen molar-refractivity contribution in [1.29, 1.82) is 0 Å². The minimum Gasteiger partial charge on any atom is -0.474 e. The van der Waals surface area contributed by atoms with Crippen LogP contribution in [0, 0.1) is 0 Å². The lowest BCUT2D eigenvalue weighted by Gasteiger charge is -2.35. The fraction of sp³-hybridized carbons (Fsp3) is 0.714. The molecule has 0 spiro atoms. The molecule has 0 aromatic carbocycles. The van der Waals surface area contributed by atoms with E-state index in [9.17, 15) is 0 Å². The van der Waals surface area contributed by atoms with Gasteiger partial charge in [0.05, 0.1) is 19.0 Å². The van der Waals surface area contributed by atoms with E-state index in [4.69, 9.17) is 9.84 Å². The zero-order valence-electron chi connectivity index (χ0n) is 12.1. The van der Waals surface area contributed by atoms with E-state index >= 15 is 0 Å². The van der Waals surface area contributed by atoms with Gasteiger partial charge in [0, 0.05) is 12.6 Å². The van der Waals surface area contributed by atoms with Gasteiger partial charge >= 0.3 is 0 Å². The van der Waals surface area contributed by atoms with Crippen LogP contribution in [0.25, 0.3) is 0 Å². The number of piperidine rings is 1. The topological polar surface area (TPSA) is 70.5 Å². The third-order valence-electron chi connectivity index (χ3n) is 3.63. The first-order valence-corrected chi connectivity index (χ1v) is 7.37. The molecule has 1 aliphatic heterocycles. The van der Waals surface area contributed by atoms with Gasteiger partial charge in [0.1, 0.15) is 12.4 Å². The zero-order chi connectivity index (χ0) is 14.2. The number of ether oxygens (including phenoxy) is 1. The molecular weight excluding hydrogens is 256 g/mol. The van der Waals surface area contributed by atoms with Gasteiger partial charge in [-0.05, 0) is 25.9 Å². The Morgan fingerprint density at radius 2 is 2.35 bits per heavy atom. The van der Waals surface area contributed by atoms with Crippen molar-refractivity contribution >= 4 is 5.82 Å². The number of likely N-dealkylation sites (N-methyl/N-ethyl adjacent to an activating group) is 1. The van der Waals surface area contributed by atoms with Crippen LogP contribution >= 0.6 is 0 Å². The van der Waals surface area contributed by atoms with Crippen molar-refractivity contribution in [3.05, 3.63) is 12.4 Å². The summed E-state index contributed by atoms with van der Waals surface area (Å²) in [5.41, 5.74) is 0. The quantitative estimate of drug-likeness (QED) is 0.780. The summed E-state index contributed by atoms with van der Waals surface area (Å²) in [6, 6.07) is 0.567. The lowest BCUT2D eigenvalue weighted by atomic mass is 10.0. The van der Waals surface area contributed by atoms with Crippen molar-refractivity contribution in [2.75, 3.05) is 38.2 Å².